The molecule has 8 heteroatoms. The Morgan fingerprint density at radius 3 is 2.32 bits per heavy atom. The Bertz CT molecular complexity index is 369. The molecule has 0 aromatic carbocycles. The molecule has 0 atom stereocenters. The summed E-state index contributed by atoms with van der Waals surface area (Å²) in [5.41, 5.74) is 0. The maximum absolute atomic E-state index is 11.5. The van der Waals surface area contributed by atoms with Crippen molar-refractivity contribution in [2.24, 2.45) is 4.99 Å². The topological polar surface area (TPSA) is 79.8 Å². The fraction of sp³-hybridized carbons (Fsp3) is 0.909. The zero-order chi connectivity index (χ0) is 14.2. The highest BCUT2D eigenvalue weighted by atomic mass is 127. The molecule has 0 rings (SSSR count). The minimum Gasteiger partial charge on any atom is -0.385 e. The predicted molar refractivity (Wildman–Crippen MR) is 90.2 cm³/mol. The van der Waals surface area contributed by atoms with Crippen LogP contribution in [-0.2, 0) is 14.6 Å². The van der Waals surface area contributed by atoms with Gasteiger partial charge in [0.25, 0.3) is 0 Å². The molecule has 2 N–H and O–H groups in total. The molecular weight excluding hydrogens is 381 g/mol. The molecule has 0 spiro atoms. The molecule has 0 unspecified atom stereocenters. The van der Waals surface area contributed by atoms with Crippen LogP contribution >= 0.6 is 24.0 Å². The summed E-state index contributed by atoms with van der Waals surface area (Å²) in [5.74, 6) is 0.600. The summed E-state index contributed by atoms with van der Waals surface area (Å²) in [6.45, 7) is 5.10. The molecule has 0 saturated heterocycles. The Labute approximate surface area is 133 Å². The molecule has 0 fully saturated rings. The molecule has 19 heavy (non-hydrogen) atoms. The van der Waals surface area contributed by atoms with Crippen molar-refractivity contribution in [2.45, 2.75) is 25.0 Å². The van der Waals surface area contributed by atoms with E-state index in [1.165, 1.54) is 6.26 Å². The Kier molecular flexibility index (Phi) is 10.9. The molecule has 0 amide bonds. The third-order valence-electron chi connectivity index (χ3n) is 2.73. The van der Waals surface area contributed by atoms with E-state index in [0.717, 1.165) is 13.0 Å². The minimum absolute atomic E-state index is 0. The first-order valence-corrected chi connectivity index (χ1v) is 7.77. The van der Waals surface area contributed by atoms with Gasteiger partial charge in [-0.05, 0) is 20.3 Å². The van der Waals surface area contributed by atoms with Gasteiger partial charge in [0.1, 0.15) is 0 Å². The van der Waals surface area contributed by atoms with Gasteiger partial charge in [-0.1, -0.05) is 0 Å². The number of hydrogen-bond donors (Lipinski definition) is 2. The highest BCUT2D eigenvalue weighted by Crippen LogP contribution is 2.13. The summed E-state index contributed by atoms with van der Waals surface area (Å²) < 4.78 is 27.2. The number of ether oxygens (including phenoxy) is 1. The van der Waals surface area contributed by atoms with Crippen LogP contribution < -0.4 is 10.6 Å². The fourth-order valence-electron chi connectivity index (χ4n) is 1.07. The lowest BCUT2D eigenvalue weighted by molar-refractivity contribution is 0.195. The average Bonchev–Trinajstić information content (AvgIpc) is 2.26. The lowest BCUT2D eigenvalue weighted by atomic mass is 10.2. The van der Waals surface area contributed by atoms with Gasteiger partial charge in [-0.15, -0.1) is 24.0 Å². The van der Waals surface area contributed by atoms with Crippen molar-refractivity contribution in [2.75, 3.05) is 40.1 Å². The number of guanidine groups is 1. The molecule has 0 bridgehead atoms. The number of aliphatic imine (C=N–C) groups is 1. The number of rotatable bonds is 7. The number of nitrogens with zero attached hydrogens (tertiary/aromatic N) is 1. The molecule has 0 aliphatic heterocycles. The monoisotopic (exact) mass is 407 g/mol. The van der Waals surface area contributed by atoms with Crippen molar-refractivity contribution in [3.05, 3.63) is 0 Å². The first-order chi connectivity index (χ1) is 8.24. The SMILES string of the molecule is CN=C(NCCCOC)NCC(C)(C)S(C)(=O)=O.I. The standard InChI is InChI=1S/C11H25N3O3S.HI/c1-11(2,18(5,15)16)9-14-10(12-3)13-7-6-8-17-4;/h6-9H2,1-5H3,(H2,12,13,14);1H. The molecule has 116 valence electrons. The Balaban J connectivity index is 0. The van der Waals surface area contributed by atoms with Gasteiger partial charge in [0.15, 0.2) is 15.8 Å². The fourth-order valence-corrected chi connectivity index (χ4v) is 1.41. The zero-order valence-corrected chi connectivity index (χ0v) is 15.5. The van der Waals surface area contributed by atoms with Gasteiger partial charge in [0, 0.05) is 40.1 Å². The van der Waals surface area contributed by atoms with E-state index in [4.69, 9.17) is 4.74 Å². The first kappa shape index (κ1) is 21.2. The Morgan fingerprint density at radius 2 is 1.89 bits per heavy atom. The van der Waals surface area contributed by atoms with Crippen molar-refractivity contribution in [1.29, 1.82) is 0 Å². The summed E-state index contributed by atoms with van der Waals surface area (Å²) in [7, 11) is 0.206. The van der Waals surface area contributed by atoms with Crippen LogP contribution in [-0.4, -0.2) is 59.2 Å². The molecule has 0 aliphatic carbocycles. The smallest absolute Gasteiger partial charge is 0.191 e. The predicted octanol–water partition coefficient (Wildman–Crippen LogP) is 0.629. The maximum atomic E-state index is 11.5. The Hall–Kier alpha value is -0.0900. The summed E-state index contributed by atoms with van der Waals surface area (Å²) in [6.07, 6.45) is 2.11. The molecular formula is C11H26IN3O3S. The van der Waals surface area contributed by atoms with Gasteiger partial charge in [-0.2, -0.15) is 0 Å². The number of nitrogens with one attached hydrogen (secondary N) is 2. The summed E-state index contributed by atoms with van der Waals surface area (Å²) >= 11 is 0. The van der Waals surface area contributed by atoms with Gasteiger partial charge in [0.05, 0.1) is 4.75 Å². The van der Waals surface area contributed by atoms with Crippen molar-refractivity contribution >= 4 is 39.8 Å². The summed E-state index contributed by atoms with van der Waals surface area (Å²) in [5, 5.41) is 6.10. The van der Waals surface area contributed by atoms with E-state index >= 15 is 0 Å². The minimum atomic E-state index is -3.10. The van der Waals surface area contributed by atoms with Crippen LogP contribution in [0.2, 0.25) is 0 Å². The van der Waals surface area contributed by atoms with Crippen molar-refractivity contribution in [3.63, 3.8) is 0 Å². The van der Waals surface area contributed by atoms with Crippen LogP contribution in [0.4, 0.5) is 0 Å². The number of methoxy groups -OCH3 is 1. The normalized spacial score (nSPS) is 12.8. The van der Waals surface area contributed by atoms with Crippen LogP contribution in [0.5, 0.6) is 0 Å². The molecule has 0 aromatic rings. The van der Waals surface area contributed by atoms with Crippen LogP contribution in [0, 0.1) is 0 Å². The summed E-state index contributed by atoms with van der Waals surface area (Å²) in [4.78, 5) is 4.03. The van der Waals surface area contributed by atoms with Crippen LogP contribution in [0.3, 0.4) is 0 Å². The van der Waals surface area contributed by atoms with E-state index in [9.17, 15) is 8.42 Å². The van der Waals surface area contributed by atoms with Gasteiger partial charge < -0.3 is 15.4 Å². The maximum Gasteiger partial charge on any atom is 0.191 e. The van der Waals surface area contributed by atoms with E-state index in [0.29, 0.717) is 19.1 Å². The van der Waals surface area contributed by atoms with E-state index < -0.39 is 14.6 Å². The quantitative estimate of drug-likeness (QED) is 0.280. The molecule has 0 heterocycles. The molecule has 0 aromatic heterocycles. The highest BCUT2D eigenvalue weighted by molar-refractivity contribution is 14.0. The number of sulfone groups is 1. The van der Waals surface area contributed by atoms with Crippen molar-refractivity contribution in [3.8, 4) is 0 Å². The lowest BCUT2D eigenvalue weighted by Gasteiger charge is -2.24. The van der Waals surface area contributed by atoms with Gasteiger partial charge in [-0.3, -0.25) is 4.99 Å². The second-order valence-corrected chi connectivity index (χ2v) is 7.38. The lowest BCUT2D eigenvalue weighted by Crippen LogP contribution is -2.47. The Morgan fingerprint density at radius 1 is 1.32 bits per heavy atom. The third kappa shape index (κ3) is 8.64. The second-order valence-electron chi connectivity index (χ2n) is 4.73. The van der Waals surface area contributed by atoms with Crippen LogP contribution in [0.15, 0.2) is 4.99 Å². The van der Waals surface area contributed by atoms with Crippen LogP contribution in [0.25, 0.3) is 0 Å². The van der Waals surface area contributed by atoms with E-state index in [2.05, 4.69) is 15.6 Å². The number of hydrogen-bond acceptors (Lipinski definition) is 4. The summed E-state index contributed by atoms with van der Waals surface area (Å²) in [6, 6.07) is 0. The van der Waals surface area contributed by atoms with E-state index in [1.807, 2.05) is 0 Å². The van der Waals surface area contributed by atoms with Gasteiger partial charge in [0.2, 0.25) is 0 Å². The highest BCUT2D eigenvalue weighted by Gasteiger charge is 2.30. The molecule has 0 radical (unpaired) electrons. The van der Waals surface area contributed by atoms with Gasteiger partial charge in [-0.25, -0.2) is 8.42 Å². The zero-order valence-electron chi connectivity index (χ0n) is 12.3. The largest absolute Gasteiger partial charge is 0.385 e. The van der Waals surface area contributed by atoms with Crippen molar-refractivity contribution in [1.82, 2.24) is 10.6 Å². The first-order valence-electron chi connectivity index (χ1n) is 5.87. The molecule has 0 aliphatic rings. The van der Waals surface area contributed by atoms with Crippen LogP contribution in [0.1, 0.15) is 20.3 Å². The van der Waals surface area contributed by atoms with E-state index in [-0.39, 0.29) is 24.0 Å². The van der Waals surface area contributed by atoms with Gasteiger partial charge >= 0.3 is 0 Å². The molecule has 6 nitrogen and oxygen atoms in total. The average molecular weight is 407 g/mol. The second kappa shape index (κ2) is 9.76. The van der Waals surface area contributed by atoms with Crippen molar-refractivity contribution < 1.29 is 13.2 Å². The van der Waals surface area contributed by atoms with E-state index in [1.54, 1.807) is 28.0 Å². The molecule has 0 saturated carbocycles. The third-order valence-corrected chi connectivity index (χ3v) is 4.88. The number of halogens is 1.